The molecule has 5 heteroatoms. The maximum Gasteiger partial charge on any atom is 0.120 e. The van der Waals surface area contributed by atoms with Crippen LogP contribution in [0.5, 0.6) is 0 Å². The van der Waals surface area contributed by atoms with E-state index in [0.29, 0.717) is 0 Å². The highest BCUT2D eigenvalue weighted by Crippen LogP contribution is 1.88. The Bertz CT molecular complexity index is 325. The summed E-state index contributed by atoms with van der Waals surface area (Å²) in [5.74, 6) is 1.91. The first-order valence-electron chi connectivity index (χ1n) is 4.59. The Morgan fingerprint density at radius 2 is 2.43 bits per heavy atom. The standard InChI is InChI=1S/C9H13N5/c1-2-11-8(12-3-1)6-10-7-9-13-4-5-14-9/h1-2,4-5,10H,3,6-7H2,(H,11,12)(H,13,14). The number of nitrogens with zero attached hydrogens (tertiary/aromatic N) is 2. The van der Waals surface area contributed by atoms with Crippen LogP contribution < -0.4 is 10.6 Å². The maximum atomic E-state index is 4.27. The van der Waals surface area contributed by atoms with Gasteiger partial charge >= 0.3 is 0 Å². The zero-order chi connectivity index (χ0) is 9.64. The van der Waals surface area contributed by atoms with Gasteiger partial charge in [0.05, 0.1) is 19.6 Å². The summed E-state index contributed by atoms with van der Waals surface area (Å²) < 4.78 is 0. The molecule has 0 radical (unpaired) electrons. The third-order valence-corrected chi connectivity index (χ3v) is 1.90. The zero-order valence-electron chi connectivity index (χ0n) is 7.83. The Morgan fingerprint density at radius 1 is 1.43 bits per heavy atom. The minimum atomic E-state index is 0.734. The third kappa shape index (κ3) is 2.43. The van der Waals surface area contributed by atoms with Crippen LogP contribution >= 0.6 is 0 Å². The lowest BCUT2D eigenvalue weighted by molar-refractivity contribution is 0.729. The average molecular weight is 191 g/mol. The minimum Gasteiger partial charge on any atom is -0.350 e. The van der Waals surface area contributed by atoms with Gasteiger partial charge < -0.3 is 15.6 Å². The van der Waals surface area contributed by atoms with Crippen LogP contribution in [0.1, 0.15) is 5.82 Å². The van der Waals surface area contributed by atoms with E-state index in [1.54, 1.807) is 6.20 Å². The van der Waals surface area contributed by atoms with Crippen molar-refractivity contribution in [1.29, 1.82) is 0 Å². The number of aliphatic imine (C=N–C) groups is 1. The van der Waals surface area contributed by atoms with Crippen LogP contribution in [0, 0.1) is 0 Å². The van der Waals surface area contributed by atoms with Crippen molar-refractivity contribution in [3.63, 3.8) is 0 Å². The summed E-state index contributed by atoms with van der Waals surface area (Å²) in [6, 6.07) is 0. The molecule has 0 aromatic carbocycles. The highest BCUT2D eigenvalue weighted by atomic mass is 15.1. The molecule has 1 aliphatic rings. The van der Waals surface area contributed by atoms with Crippen LogP contribution in [0.25, 0.3) is 0 Å². The molecule has 0 fully saturated rings. The van der Waals surface area contributed by atoms with E-state index in [1.807, 2.05) is 18.5 Å². The van der Waals surface area contributed by atoms with E-state index in [4.69, 9.17) is 0 Å². The van der Waals surface area contributed by atoms with Gasteiger partial charge in [0.2, 0.25) is 0 Å². The molecule has 3 N–H and O–H groups in total. The summed E-state index contributed by atoms with van der Waals surface area (Å²) in [5.41, 5.74) is 0. The van der Waals surface area contributed by atoms with Gasteiger partial charge in [-0.25, -0.2) is 4.98 Å². The Hall–Kier alpha value is -1.62. The van der Waals surface area contributed by atoms with E-state index in [-0.39, 0.29) is 0 Å². The molecule has 0 unspecified atom stereocenters. The van der Waals surface area contributed by atoms with E-state index in [2.05, 4.69) is 25.6 Å². The van der Waals surface area contributed by atoms with Gasteiger partial charge in [-0.15, -0.1) is 0 Å². The quantitative estimate of drug-likeness (QED) is 0.628. The van der Waals surface area contributed by atoms with Gasteiger partial charge in [-0.05, 0) is 12.3 Å². The summed E-state index contributed by atoms with van der Waals surface area (Å²) in [6.07, 6.45) is 7.46. The fourth-order valence-corrected chi connectivity index (χ4v) is 1.22. The second-order valence-corrected chi connectivity index (χ2v) is 2.97. The van der Waals surface area contributed by atoms with Crippen molar-refractivity contribution in [2.24, 2.45) is 4.99 Å². The fraction of sp³-hybridized carbons (Fsp3) is 0.333. The predicted molar refractivity (Wildman–Crippen MR) is 54.9 cm³/mol. The van der Waals surface area contributed by atoms with Crippen LogP contribution in [0.2, 0.25) is 0 Å². The molecule has 2 heterocycles. The van der Waals surface area contributed by atoms with E-state index >= 15 is 0 Å². The lowest BCUT2D eigenvalue weighted by Gasteiger charge is -2.09. The van der Waals surface area contributed by atoms with E-state index in [1.165, 1.54) is 0 Å². The molecule has 0 saturated heterocycles. The van der Waals surface area contributed by atoms with Crippen molar-refractivity contribution >= 4 is 5.84 Å². The summed E-state index contributed by atoms with van der Waals surface area (Å²) in [4.78, 5) is 11.4. The maximum absolute atomic E-state index is 4.27. The normalized spacial score (nSPS) is 15.0. The van der Waals surface area contributed by atoms with Crippen molar-refractivity contribution < 1.29 is 0 Å². The molecule has 1 aromatic heterocycles. The Labute approximate surface area is 82.3 Å². The first-order chi connectivity index (χ1) is 6.95. The highest BCUT2D eigenvalue weighted by molar-refractivity contribution is 5.85. The summed E-state index contributed by atoms with van der Waals surface area (Å²) in [6.45, 7) is 2.24. The fourth-order valence-electron chi connectivity index (χ4n) is 1.22. The molecule has 0 aliphatic carbocycles. The molecule has 1 aromatic rings. The molecule has 0 amide bonds. The molecule has 0 bridgehead atoms. The summed E-state index contributed by atoms with van der Waals surface area (Å²) >= 11 is 0. The lowest BCUT2D eigenvalue weighted by atomic mass is 10.4. The number of rotatable bonds is 4. The zero-order valence-corrected chi connectivity index (χ0v) is 7.83. The molecule has 0 atom stereocenters. The third-order valence-electron chi connectivity index (χ3n) is 1.90. The van der Waals surface area contributed by atoms with Gasteiger partial charge in [0.25, 0.3) is 0 Å². The first kappa shape index (κ1) is 8.96. The molecular weight excluding hydrogens is 178 g/mol. The number of amidine groups is 1. The van der Waals surface area contributed by atoms with Crippen LogP contribution in [-0.4, -0.2) is 28.9 Å². The predicted octanol–water partition coefficient (Wildman–Crippen LogP) is 0.0147. The van der Waals surface area contributed by atoms with Crippen LogP contribution in [-0.2, 0) is 6.54 Å². The first-order valence-corrected chi connectivity index (χ1v) is 4.59. The van der Waals surface area contributed by atoms with Crippen molar-refractivity contribution in [3.8, 4) is 0 Å². The van der Waals surface area contributed by atoms with Crippen LogP contribution in [0.15, 0.2) is 29.7 Å². The number of hydrogen-bond donors (Lipinski definition) is 3. The molecule has 1 aliphatic heterocycles. The SMILES string of the molecule is C1=CNC(CNCc2ncc[nH]2)=NC1. The van der Waals surface area contributed by atoms with E-state index in [0.717, 1.165) is 31.3 Å². The van der Waals surface area contributed by atoms with Crippen molar-refractivity contribution in [2.75, 3.05) is 13.1 Å². The minimum absolute atomic E-state index is 0.734. The van der Waals surface area contributed by atoms with Crippen LogP contribution in [0.3, 0.4) is 0 Å². The number of aromatic amines is 1. The lowest BCUT2D eigenvalue weighted by Crippen LogP contribution is -2.32. The van der Waals surface area contributed by atoms with E-state index < -0.39 is 0 Å². The van der Waals surface area contributed by atoms with Gasteiger partial charge in [-0.1, -0.05) is 0 Å². The van der Waals surface area contributed by atoms with Gasteiger partial charge in [-0.3, -0.25) is 4.99 Å². The summed E-state index contributed by atoms with van der Waals surface area (Å²) in [5, 5.41) is 6.31. The van der Waals surface area contributed by atoms with Crippen molar-refractivity contribution in [1.82, 2.24) is 20.6 Å². The number of imidazole rings is 1. The topological polar surface area (TPSA) is 65.1 Å². The molecule has 5 nitrogen and oxygen atoms in total. The Kier molecular flexibility index (Phi) is 2.92. The molecule has 2 rings (SSSR count). The smallest absolute Gasteiger partial charge is 0.120 e. The van der Waals surface area contributed by atoms with Crippen molar-refractivity contribution in [2.45, 2.75) is 6.54 Å². The average Bonchev–Trinajstić information content (AvgIpc) is 2.72. The second kappa shape index (κ2) is 4.57. The van der Waals surface area contributed by atoms with Gasteiger partial charge in [-0.2, -0.15) is 0 Å². The Morgan fingerprint density at radius 3 is 3.14 bits per heavy atom. The molecule has 74 valence electrons. The van der Waals surface area contributed by atoms with E-state index in [9.17, 15) is 0 Å². The largest absolute Gasteiger partial charge is 0.350 e. The molecule has 0 saturated carbocycles. The van der Waals surface area contributed by atoms with Gasteiger partial charge in [0, 0.05) is 12.4 Å². The van der Waals surface area contributed by atoms with Crippen molar-refractivity contribution in [3.05, 3.63) is 30.5 Å². The number of aromatic nitrogens is 2. The van der Waals surface area contributed by atoms with Gasteiger partial charge in [0.1, 0.15) is 11.7 Å². The second-order valence-electron chi connectivity index (χ2n) is 2.97. The number of H-pyrrole nitrogens is 1. The number of hydrogen-bond acceptors (Lipinski definition) is 4. The Balaban J connectivity index is 1.70. The summed E-state index contributed by atoms with van der Waals surface area (Å²) in [7, 11) is 0. The molecular formula is C9H13N5. The molecule has 0 spiro atoms. The van der Waals surface area contributed by atoms with Crippen LogP contribution in [0.4, 0.5) is 0 Å². The highest BCUT2D eigenvalue weighted by Gasteiger charge is 1.99. The number of nitrogens with one attached hydrogen (secondary N) is 3. The van der Waals surface area contributed by atoms with Gasteiger partial charge in [0.15, 0.2) is 0 Å². The molecule has 14 heavy (non-hydrogen) atoms. The monoisotopic (exact) mass is 191 g/mol.